The van der Waals surface area contributed by atoms with Crippen molar-refractivity contribution in [3.63, 3.8) is 0 Å². The lowest BCUT2D eigenvalue weighted by molar-refractivity contribution is 0.0987. The Morgan fingerprint density at radius 1 is 0.933 bits per heavy atom. The Morgan fingerprint density at radius 3 is 2.22 bits per heavy atom. The molecule has 0 bridgehead atoms. The summed E-state index contributed by atoms with van der Waals surface area (Å²) in [6.45, 7) is 0.186. The van der Waals surface area contributed by atoms with E-state index in [1.54, 1.807) is 12.1 Å². The second kappa shape index (κ2) is 13.4. The summed E-state index contributed by atoms with van der Waals surface area (Å²) >= 11 is 1.08. The Bertz CT molecular complexity index is 1940. The third-order valence-corrected chi connectivity index (χ3v) is 9.59. The maximum atomic E-state index is 13.9. The number of fused-ring (bicyclic) bond motifs is 1. The number of thiazole rings is 1. The number of ether oxygens (including phenoxy) is 3. The molecule has 0 aliphatic heterocycles. The Kier molecular flexibility index (Phi) is 9.42. The summed E-state index contributed by atoms with van der Waals surface area (Å²) in [5, 5.41) is 5.71. The van der Waals surface area contributed by atoms with Crippen molar-refractivity contribution in [2.24, 2.45) is 5.10 Å². The van der Waals surface area contributed by atoms with E-state index >= 15 is 0 Å². The van der Waals surface area contributed by atoms with Crippen molar-refractivity contribution in [2.45, 2.75) is 11.4 Å². The van der Waals surface area contributed by atoms with Gasteiger partial charge >= 0.3 is 0 Å². The first kappa shape index (κ1) is 31.6. The minimum atomic E-state index is -3.84. The van der Waals surface area contributed by atoms with Crippen molar-refractivity contribution < 1.29 is 31.8 Å². The molecule has 10 nitrogen and oxygen atoms in total. The zero-order chi connectivity index (χ0) is 32.1. The van der Waals surface area contributed by atoms with Gasteiger partial charge in [-0.15, -0.1) is 0 Å². The second-order valence-electron chi connectivity index (χ2n) is 9.70. The second-order valence-corrected chi connectivity index (χ2v) is 12.8. The van der Waals surface area contributed by atoms with Gasteiger partial charge in [0.1, 0.15) is 5.82 Å². The van der Waals surface area contributed by atoms with E-state index in [1.807, 2.05) is 30.3 Å². The van der Waals surface area contributed by atoms with Crippen molar-refractivity contribution in [1.29, 1.82) is 0 Å². The first-order chi connectivity index (χ1) is 21.6. The smallest absolute Gasteiger partial charge is 0.280 e. The Balaban J connectivity index is 1.49. The van der Waals surface area contributed by atoms with Crippen molar-refractivity contribution in [3.05, 3.63) is 107 Å². The Morgan fingerprint density at radius 2 is 1.60 bits per heavy atom. The van der Waals surface area contributed by atoms with E-state index < -0.39 is 21.7 Å². The zero-order valence-corrected chi connectivity index (χ0v) is 26.4. The van der Waals surface area contributed by atoms with Gasteiger partial charge in [-0.3, -0.25) is 4.79 Å². The van der Waals surface area contributed by atoms with Crippen LogP contribution in [0.2, 0.25) is 0 Å². The molecule has 0 N–H and O–H groups in total. The number of aromatic nitrogens is 1. The van der Waals surface area contributed by atoms with Crippen LogP contribution in [0.4, 0.5) is 9.52 Å². The molecule has 0 spiro atoms. The van der Waals surface area contributed by atoms with E-state index in [0.29, 0.717) is 33.0 Å². The molecule has 5 aromatic rings. The standard InChI is InChI=1S/C32H29FN4O6S2/c1-36(20-21-8-6-5-7-9-21)45(39,40)25-13-10-23(11-14-25)31(38)37(32-35-26-15-12-24(33)18-29(26)44-32)34-19-22-16-27(41-2)30(43-4)28(17-22)42-3/h5-19H,20H2,1-4H3/b34-19+. The molecule has 1 heterocycles. The number of benzene rings is 4. The number of amides is 1. The fourth-order valence-corrected chi connectivity index (χ4v) is 6.57. The highest BCUT2D eigenvalue weighted by molar-refractivity contribution is 7.89. The minimum absolute atomic E-state index is 0.0282. The summed E-state index contributed by atoms with van der Waals surface area (Å²) in [6, 6.07) is 22.3. The lowest BCUT2D eigenvalue weighted by Crippen LogP contribution is -2.27. The molecule has 0 aliphatic rings. The van der Waals surface area contributed by atoms with Crippen LogP contribution < -0.4 is 19.2 Å². The molecule has 0 fully saturated rings. The van der Waals surface area contributed by atoms with Crippen LogP contribution >= 0.6 is 11.3 Å². The number of anilines is 1. The average Bonchev–Trinajstić information content (AvgIpc) is 3.47. The van der Waals surface area contributed by atoms with Gasteiger partial charge in [-0.2, -0.15) is 14.4 Å². The number of hydrogen-bond donors (Lipinski definition) is 0. The van der Waals surface area contributed by atoms with Crippen LogP contribution in [0.15, 0.2) is 94.9 Å². The predicted molar refractivity (Wildman–Crippen MR) is 172 cm³/mol. The molecular formula is C32H29FN4O6S2. The maximum absolute atomic E-state index is 13.9. The molecule has 4 aromatic carbocycles. The number of sulfonamides is 1. The quantitative estimate of drug-likeness (QED) is 0.128. The molecule has 0 aliphatic carbocycles. The molecule has 0 atom stereocenters. The van der Waals surface area contributed by atoms with Crippen molar-refractivity contribution in [1.82, 2.24) is 9.29 Å². The van der Waals surface area contributed by atoms with Crippen LogP contribution in [0.5, 0.6) is 17.2 Å². The van der Waals surface area contributed by atoms with E-state index in [2.05, 4.69) is 10.1 Å². The average molecular weight is 649 g/mol. The monoisotopic (exact) mass is 648 g/mol. The number of methoxy groups -OCH3 is 3. The van der Waals surface area contributed by atoms with Gasteiger partial charge in [0.25, 0.3) is 5.91 Å². The van der Waals surface area contributed by atoms with Gasteiger partial charge in [0.15, 0.2) is 11.5 Å². The third kappa shape index (κ3) is 6.80. The number of hydrazone groups is 1. The summed E-state index contributed by atoms with van der Waals surface area (Å²) in [6.07, 6.45) is 1.42. The molecule has 5 rings (SSSR count). The fourth-order valence-electron chi connectivity index (χ4n) is 4.46. The highest BCUT2D eigenvalue weighted by Gasteiger charge is 2.25. The lowest BCUT2D eigenvalue weighted by Gasteiger charge is -2.18. The number of nitrogens with zero attached hydrogens (tertiary/aromatic N) is 4. The van der Waals surface area contributed by atoms with Gasteiger partial charge in [0, 0.05) is 24.7 Å². The van der Waals surface area contributed by atoms with E-state index in [4.69, 9.17) is 14.2 Å². The third-order valence-electron chi connectivity index (χ3n) is 6.78. The fraction of sp³-hybridized carbons (Fsp3) is 0.156. The summed E-state index contributed by atoms with van der Waals surface area (Å²) < 4.78 is 58.4. The normalized spacial score (nSPS) is 11.7. The van der Waals surface area contributed by atoms with Gasteiger partial charge in [-0.25, -0.2) is 17.8 Å². The molecule has 0 saturated carbocycles. The van der Waals surface area contributed by atoms with E-state index in [0.717, 1.165) is 21.9 Å². The van der Waals surface area contributed by atoms with Crippen LogP contribution in [-0.4, -0.2) is 58.2 Å². The Hall–Kier alpha value is -4.85. The van der Waals surface area contributed by atoms with E-state index in [1.165, 1.54) is 81.4 Å². The number of rotatable bonds is 11. The van der Waals surface area contributed by atoms with Crippen LogP contribution in [0.1, 0.15) is 21.5 Å². The summed E-state index contributed by atoms with van der Waals surface area (Å²) in [5.41, 5.74) is 2.01. The number of hydrogen-bond acceptors (Lipinski definition) is 9. The van der Waals surface area contributed by atoms with Crippen LogP contribution in [0.25, 0.3) is 10.2 Å². The molecule has 0 saturated heterocycles. The molecule has 0 unspecified atom stereocenters. The predicted octanol–water partition coefficient (Wildman–Crippen LogP) is 5.96. The minimum Gasteiger partial charge on any atom is -0.493 e. The summed E-state index contributed by atoms with van der Waals surface area (Å²) in [7, 11) is 2.11. The van der Waals surface area contributed by atoms with Crippen LogP contribution in [-0.2, 0) is 16.6 Å². The topological polar surface area (TPSA) is 111 Å². The van der Waals surface area contributed by atoms with Gasteiger partial charge in [-0.05, 0) is 60.2 Å². The number of carbonyl (C=O) groups excluding carboxylic acids is 1. The highest BCUT2D eigenvalue weighted by atomic mass is 32.2. The molecule has 0 radical (unpaired) electrons. The molecular weight excluding hydrogens is 620 g/mol. The van der Waals surface area contributed by atoms with Gasteiger partial charge < -0.3 is 14.2 Å². The largest absolute Gasteiger partial charge is 0.493 e. The van der Waals surface area contributed by atoms with Crippen molar-refractivity contribution >= 4 is 48.8 Å². The van der Waals surface area contributed by atoms with Crippen molar-refractivity contribution in [2.75, 3.05) is 33.4 Å². The number of carbonyl (C=O) groups is 1. The Labute approximate surface area is 264 Å². The molecule has 232 valence electrons. The van der Waals surface area contributed by atoms with Crippen LogP contribution in [0, 0.1) is 5.82 Å². The lowest BCUT2D eigenvalue weighted by atomic mass is 10.2. The highest BCUT2D eigenvalue weighted by Crippen LogP contribution is 2.38. The van der Waals surface area contributed by atoms with Gasteiger partial charge in [0.05, 0.1) is 42.7 Å². The number of halogens is 1. The zero-order valence-electron chi connectivity index (χ0n) is 24.8. The summed E-state index contributed by atoms with van der Waals surface area (Å²) in [4.78, 5) is 18.4. The maximum Gasteiger partial charge on any atom is 0.280 e. The van der Waals surface area contributed by atoms with Gasteiger partial charge in [0.2, 0.25) is 20.9 Å². The molecule has 45 heavy (non-hydrogen) atoms. The van der Waals surface area contributed by atoms with Crippen molar-refractivity contribution in [3.8, 4) is 17.2 Å². The molecule has 1 aromatic heterocycles. The first-order valence-electron chi connectivity index (χ1n) is 13.5. The SMILES string of the molecule is COc1cc(/C=N/N(C(=O)c2ccc(S(=O)(=O)N(C)Cc3ccccc3)cc2)c2nc3ccc(F)cc3s2)cc(OC)c1OC. The first-order valence-corrected chi connectivity index (χ1v) is 15.7. The summed E-state index contributed by atoms with van der Waals surface area (Å²) in [5.74, 6) is 0.148. The molecule has 13 heteroatoms. The van der Waals surface area contributed by atoms with Crippen LogP contribution in [0.3, 0.4) is 0 Å². The van der Waals surface area contributed by atoms with Gasteiger partial charge in [-0.1, -0.05) is 41.7 Å². The van der Waals surface area contributed by atoms with E-state index in [9.17, 15) is 17.6 Å². The molecule has 1 amide bonds. The van der Waals surface area contributed by atoms with E-state index in [-0.39, 0.29) is 22.1 Å².